The van der Waals surface area contributed by atoms with E-state index in [9.17, 15) is 0 Å². The molecule has 0 atom stereocenters. The van der Waals surface area contributed by atoms with Gasteiger partial charge in [-0.3, -0.25) is 0 Å². The van der Waals surface area contributed by atoms with E-state index < -0.39 is 0 Å². The molecule has 4 nitrogen and oxygen atoms in total. The fourth-order valence-corrected chi connectivity index (χ4v) is 2.39. The summed E-state index contributed by atoms with van der Waals surface area (Å²) in [7, 11) is 0. The predicted octanol–water partition coefficient (Wildman–Crippen LogP) is 1.89. The van der Waals surface area contributed by atoms with Gasteiger partial charge in [0, 0.05) is 18.5 Å². The second-order valence-electron chi connectivity index (χ2n) is 4.55. The van der Waals surface area contributed by atoms with Gasteiger partial charge < -0.3 is 15.2 Å². The van der Waals surface area contributed by atoms with Gasteiger partial charge in [0.15, 0.2) is 0 Å². The molecule has 98 valence electrons. The van der Waals surface area contributed by atoms with E-state index in [1.807, 2.05) is 19.9 Å². The summed E-state index contributed by atoms with van der Waals surface area (Å²) in [5.74, 6) is 0.562. The van der Waals surface area contributed by atoms with Crippen LogP contribution in [0.25, 0.3) is 0 Å². The fraction of sp³-hybridized carbons (Fsp3) is 0.538. The summed E-state index contributed by atoms with van der Waals surface area (Å²) < 4.78 is 11.3. The van der Waals surface area contributed by atoms with E-state index in [1.54, 1.807) is 0 Å². The lowest BCUT2D eigenvalue weighted by Gasteiger charge is -2.24. The van der Waals surface area contributed by atoms with Gasteiger partial charge in [-0.15, -0.1) is 0 Å². The van der Waals surface area contributed by atoms with Gasteiger partial charge in [-0.25, -0.2) is 4.98 Å². The maximum atomic E-state index is 5.95. The third-order valence-electron chi connectivity index (χ3n) is 3.00. The molecule has 1 aliphatic heterocycles. The molecule has 0 amide bonds. The van der Waals surface area contributed by atoms with Crippen LogP contribution in [0.3, 0.4) is 0 Å². The van der Waals surface area contributed by atoms with Gasteiger partial charge in [0.2, 0.25) is 5.88 Å². The number of thiocarbonyl (C=S) groups is 1. The lowest BCUT2D eigenvalue weighted by atomic mass is 10.1. The minimum absolute atomic E-state index is 0.139. The molecule has 1 aromatic rings. The first-order chi connectivity index (χ1) is 8.58. The van der Waals surface area contributed by atoms with Gasteiger partial charge in [-0.05, 0) is 25.5 Å². The number of hydrogen-bond acceptors (Lipinski definition) is 4. The second-order valence-corrected chi connectivity index (χ2v) is 4.99. The molecule has 2 rings (SSSR count). The topological polar surface area (TPSA) is 57.4 Å². The molecule has 2 heterocycles. The van der Waals surface area contributed by atoms with E-state index in [4.69, 9.17) is 27.4 Å². The Morgan fingerprint density at radius 2 is 2.11 bits per heavy atom. The summed E-state index contributed by atoms with van der Waals surface area (Å²) >= 11 is 5.08. The molecule has 0 aliphatic carbocycles. The van der Waals surface area contributed by atoms with Gasteiger partial charge in [-0.2, -0.15) is 0 Å². The minimum atomic E-state index is 0.139. The van der Waals surface area contributed by atoms with Crippen LogP contribution in [0, 0.1) is 13.8 Å². The summed E-state index contributed by atoms with van der Waals surface area (Å²) in [5, 5.41) is 0. The van der Waals surface area contributed by atoms with Crippen LogP contribution in [0.4, 0.5) is 0 Å². The molecule has 0 saturated carbocycles. The van der Waals surface area contributed by atoms with Crippen molar-refractivity contribution in [2.75, 3.05) is 13.2 Å². The largest absolute Gasteiger partial charge is 0.474 e. The second kappa shape index (κ2) is 5.63. The number of ether oxygens (including phenoxy) is 2. The number of aryl methyl sites for hydroxylation is 2. The van der Waals surface area contributed by atoms with E-state index in [2.05, 4.69) is 4.98 Å². The summed E-state index contributed by atoms with van der Waals surface area (Å²) in [4.78, 5) is 4.75. The molecule has 1 fully saturated rings. The number of nitrogens with two attached hydrogens (primary N) is 1. The Morgan fingerprint density at radius 1 is 1.44 bits per heavy atom. The van der Waals surface area contributed by atoms with E-state index in [-0.39, 0.29) is 6.10 Å². The Hall–Kier alpha value is -1.20. The normalized spacial score (nSPS) is 16.6. The average Bonchev–Trinajstić information content (AvgIpc) is 2.28. The Labute approximate surface area is 112 Å². The molecule has 18 heavy (non-hydrogen) atoms. The first kappa shape index (κ1) is 13.2. The van der Waals surface area contributed by atoms with E-state index >= 15 is 0 Å². The summed E-state index contributed by atoms with van der Waals surface area (Å²) in [6.07, 6.45) is 1.90. The highest BCUT2D eigenvalue weighted by atomic mass is 32.1. The zero-order valence-electron chi connectivity index (χ0n) is 10.7. The van der Waals surface area contributed by atoms with Gasteiger partial charge in [0.25, 0.3) is 0 Å². The molecule has 1 aromatic heterocycles. The number of hydrogen-bond donors (Lipinski definition) is 1. The third kappa shape index (κ3) is 2.97. The maximum absolute atomic E-state index is 5.95. The van der Waals surface area contributed by atoms with Crippen LogP contribution in [0.5, 0.6) is 5.88 Å². The van der Waals surface area contributed by atoms with Crippen molar-refractivity contribution in [3.63, 3.8) is 0 Å². The van der Waals surface area contributed by atoms with E-state index in [0.717, 1.165) is 42.9 Å². The van der Waals surface area contributed by atoms with Crippen molar-refractivity contribution in [2.45, 2.75) is 32.8 Å². The van der Waals surface area contributed by atoms with Gasteiger partial charge in [0.05, 0.1) is 18.8 Å². The fourth-order valence-electron chi connectivity index (χ4n) is 2.14. The third-order valence-corrected chi connectivity index (χ3v) is 3.21. The lowest BCUT2D eigenvalue weighted by Crippen LogP contribution is -2.27. The van der Waals surface area contributed by atoms with Crippen LogP contribution >= 0.6 is 12.2 Å². The zero-order valence-corrected chi connectivity index (χ0v) is 11.5. The van der Waals surface area contributed by atoms with Crippen LogP contribution in [0.15, 0.2) is 6.07 Å². The molecule has 0 bridgehead atoms. The summed E-state index contributed by atoms with van der Waals surface area (Å²) in [5.41, 5.74) is 8.43. The quantitative estimate of drug-likeness (QED) is 0.847. The Morgan fingerprint density at radius 3 is 2.72 bits per heavy atom. The van der Waals surface area contributed by atoms with Gasteiger partial charge >= 0.3 is 0 Å². The number of aromatic nitrogens is 1. The average molecular weight is 266 g/mol. The summed E-state index contributed by atoms with van der Waals surface area (Å²) in [6, 6.07) is 1.96. The Kier molecular flexibility index (Phi) is 4.14. The number of pyridine rings is 1. The monoisotopic (exact) mass is 266 g/mol. The molecule has 1 saturated heterocycles. The van der Waals surface area contributed by atoms with Crippen molar-refractivity contribution in [1.82, 2.24) is 4.98 Å². The maximum Gasteiger partial charge on any atom is 0.224 e. The van der Waals surface area contributed by atoms with Crippen molar-refractivity contribution in [2.24, 2.45) is 5.73 Å². The molecular weight excluding hydrogens is 248 g/mol. The van der Waals surface area contributed by atoms with Crippen molar-refractivity contribution in [3.05, 3.63) is 22.9 Å². The molecule has 1 aliphatic rings. The molecule has 0 aromatic carbocycles. The highest BCUT2D eigenvalue weighted by Gasteiger charge is 2.20. The summed E-state index contributed by atoms with van der Waals surface area (Å²) in [6.45, 7) is 5.38. The SMILES string of the molecule is Cc1cc(C)c(C(N)=S)c(OC2CCOCC2)n1. The predicted molar refractivity (Wildman–Crippen MR) is 74.1 cm³/mol. The number of rotatable bonds is 3. The van der Waals surface area contributed by atoms with Gasteiger partial charge in [0.1, 0.15) is 11.1 Å². The highest BCUT2D eigenvalue weighted by molar-refractivity contribution is 7.80. The van der Waals surface area contributed by atoms with Crippen LogP contribution in [-0.4, -0.2) is 29.3 Å². The smallest absolute Gasteiger partial charge is 0.224 e. The van der Waals surface area contributed by atoms with Gasteiger partial charge in [-0.1, -0.05) is 12.2 Å². The molecular formula is C13H18N2O2S. The van der Waals surface area contributed by atoms with Crippen LogP contribution in [0.1, 0.15) is 29.7 Å². The standard InChI is InChI=1S/C13H18N2O2S/c1-8-7-9(2)15-13(11(8)12(14)18)17-10-3-5-16-6-4-10/h7,10H,3-6H2,1-2H3,(H2,14,18). The zero-order chi connectivity index (χ0) is 13.1. The molecule has 0 radical (unpaired) electrons. The molecule has 0 spiro atoms. The van der Waals surface area contributed by atoms with Crippen molar-refractivity contribution < 1.29 is 9.47 Å². The van der Waals surface area contributed by atoms with Crippen LogP contribution < -0.4 is 10.5 Å². The molecule has 0 unspecified atom stereocenters. The van der Waals surface area contributed by atoms with Crippen LogP contribution in [0.2, 0.25) is 0 Å². The van der Waals surface area contributed by atoms with Crippen molar-refractivity contribution >= 4 is 17.2 Å². The number of nitrogens with zero attached hydrogens (tertiary/aromatic N) is 1. The van der Waals surface area contributed by atoms with E-state index in [0.29, 0.717) is 10.9 Å². The first-order valence-electron chi connectivity index (χ1n) is 6.10. The lowest BCUT2D eigenvalue weighted by molar-refractivity contribution is 0.0236. The van der Waals surface area contributed by atoms with Crippen molar-refractivity contribution in [1.29, 1.82) is 0 Å². The molecule has 5 heteroatoms. The minimum Gasteiger partial charge on any atom is -0.474 e. The Bertz CT molecular complexity index is 457. The Balaban J connectivity index is 2.27. The highest BCUT2D eigenvalue weighted by Crippen LogP contribution is 2.24. The first-order valence-corrected chi connectivity index (χ1v) is 6.51. The molecule has 2 N–H and O–H groups in total. The van der Waals surface area contributed by atoms with E-state index in [1.165, 1.54) is 0 Å². The van der Waals surface area contributed by atoms with Crippen LogP contribution in [-0.2, 0) is 4.74 Å². The van der Waals surface area contributed by atoms with Crippen molar-refractivity contribution in [3.8, 4) is 5.88 Å².